The molecule has 42 heavy (non-hydrogen) atoms. The highest BCUT2D eigenvalue weighted by Gasteiger charge is 2.67. The maximum absolute atomic E-state index is 14.3. The molecule has 0 spiro atoms. The molecule has 3 fully saturated rings. The first-order valence-electron chi connectivity index (χ1n) is 14.6. The van der Waals surface area contributed by atoms with Crippen molar-refractivity contribution in [2.24, 2.45) is 29.1 Å². The quantitative estimate of drug-likeness (QED) is 0.275. The van der Waals surface area contributed by atoms with Crippen molar-refractivity contribution in [2.45, 2.75) is 51.4 Å². The van der Waals surface area contributed by atoms with E-state index in [1.165, 1.54) is 9.80 Å². The lowest BCUT2D eigenvalue weighted by atomic mass is 9.51. The van der Waals surface area contributed by atoms with Crippen LogP contribution in [0.15, 0.2) is 66.2 Å². The summed E-state index contributed by atoms with van der Waals surface area (Å²) in [7, 11) is 0. The maximum Gasteiger partial charge on any atom is 0.303 e. The van der Waals surface area contributed by atoms with Crippen LogP contribution in [0.1, 0.15) is 56.9 Å². The molecule has 4 aliphatic rings. The van der Waals surface area contributed by atoms with Gasteiger partial charge in [0.1, 0.15) is 5.75 Å². The molecule has 218 valence electrons. The largest absolute Gasteiger partial charge is 0.508 e. The molecular formula is C33H34N2O7. The summed E-state index contributed by atoms with van der Waals surface area (Å²) >= 11 is 0. The van der Waals surface area contributed by atoms with Gasteiger partial charge in [0, 0.05) is 24.4 Å². The minimum atomic E-state index is -1.20. The summed E-state index contributed by atoms with van der Waals surface area (Å²) in [6, 6.07) is 15.6. The number of rotatable bonds is 8. The van der Waals surface area contributed by atoms with Gasteiger partial charge in [-0.2, -0.15) is 0 Å². The van der Waals surface area contributed by atoms with Crippen LogP contribution >= 0.6 is 0 Å². The molecule has 9 nitrogen and oxygen atoms in total. The van der Waals surface area contributed by atoms with E-state index in [4.69, 9.17) is 5.11 Å². The molecule has 2 N–H and O–H groups in total. The van der Waals surface area contributed by atoms with Gasteiger partial charge >= 0.3 is 5.97 Å². The first kappa shape index (κ1) is 27.9. The van der Waals surface area contributed by atoms with E-state index in [9.17, 15) is 29.1 Å². The molecule has 6 unspecified atom stereocenters. The van der Waals surface area contributed by atoms with E-state index in [2.05, 4.69) is 0 Å². The lowest BCUT2D eigenvalue weighted by Gasteiger charge is -2.49. The van der Waals surface area contributed by atoms with Crippen molar-refractivity contribution >= 4 is 35.3 Å². The van der Waals surface area contributed by atoms with Crippen molar-refractivity contribution in [3.05, 3.63) is 71.8 Å². The van der Waals surface area contributed by atoms with Crippen LogP contribution in [-0.2, 0) is 24.0 Å². The zero-order chi connectivity index (χ0) is 29.8. The molecule has 2 saturated heterocycles. The Morgan fingerprint density at radius 3 is 2.33 bits per heavy atom. The first-order valence-corrected chi connectivity index (χ1v) is 14.6. The van der Waals surface area contributed by atoms with Crippen LogP contribution in [0.5, 0.6) is 5.75 Å². The average molecular weight is 571 g/mol. The Hall–Kier alpha value is -4.27. The Morgan fingerprint density at radius 1 is 0.905 bits per heavy atom. The van der Waals surface area contributed by atoms with E-state index in [1.54, 1.807) is 55.5 Å². The minimum absolute atomic E-state index is 0.0152. The van der Waals surface area contributed by atoms with Gasteiger partial charge in [-0.15, -0.1) is 0 Å². The molecule has 0 radical (unpaired) electrons. The lowest BCUT2D eigenvalue weighted by molar-refractivity contribution is -0.141. The van der Waals surface area contributed by atoms with E-state index in [-0.39, 0.29) is 48.8 Å². The number of imide groups is 2. The zero-order valence-electron chi connectivity index (χ0n) is 23.4. The van der Waals surface area contributed by atoms with Gasteiger partial charge in [0.05, 0.1) is 28.9 Å². The Labute approximate surface area is 243 Å². The van der Waals surface area contributed by atoms with Crippen LogP contribution in [0, 0.1) is 29.1 Å². The second kappa shape index (κ2) is 10.5. The number of nitrogens with zero attached hydrogens (tertiary/aromatic N) is 2. The number of benzene rings is 2. The zero-order valence-corrected chi connectivity index (χ0v) is 23.4. The molecule has 0 aromatic heterocycles. The Morgan fingerprint density at radius 2 is 1.62 bits per heavy atom. The van der Waals surface area contributed by atoms with Crippen molar-refractivity contribution in [3.63, 3.8) is 0 Å². The number of allylic oxidation sites excluding steroid dienone is 2. The molecule has 6 rings (SSSR count). The van der Waals surface area contributed by atoms with Gasteiger partial charge < -0.3 is 10.2 Å². The highest BCUT2D eigenvalue weighted by molar-refractivity contribution is 6.24. The number of carbonyl (C=O) groups is 5. The van der Waals surface area contributed by atoms with Crippen LogP contribution in [0.25, 0.3) is 0 Å². The molecule has 9 heteroatoms. The summed E-state index contributed by atoms with van der Waals surface area (Å²) in [4.78, 5) is 69.1. The molecule has 1 saturated carbocycles. The number of anilines is 1. The van der Waals surface area contributed by atoms with Gasteiger partial charge in [0.2, 0.25) is 23.6 Å². The third-order valence-corrected chi connectivity index (χ3v) is 9.90. The molecule has 2 aliphatic carbocycles. The number of aromatic hydroxyl groups is 1. The molecule has 2 heterocycles. The van der Waals surface area contributed by atoms with Gasteiger partial charge in [-0.1, -0.05) is 54.5 Å². The lowest BCUT2D eigenvalue weighted by Crippen LogP contribution is -2.48. The number of fused-ring (bicyclic) bond motifs is 4. The number of likely N-dealkylation sites (tertiary alicyclic amines) is 1. The van der Waals surface area contributed by atoms with Crippen molar-refractivity contribution in [1.29, 1.82) is 0 Å². The van der Waals surface area contributed by atoms with Gasteiger partial charge in [-0.25, -0.2) is 4.90 Å². The second-order valence-electron chi connectivity index (χ2n) is 12.1. The van der Waals surface area contributed by atoms with E-state index in [0.29, 0.717) is 36.9 Å². The summed E-state index contributed by atoms with van der Waals surface area (Å²) in [6.45, 7) is 2.03. The number of aliphatic carboxylic acids is 1. The van der Waals surface area contributed by atoms with Gasteiger partial charge in [-0.05, 0) is 56.7 Å². The fourth-order valence-electron chi connectivity index (χ4n) is 7.92. The standard InChI is InChI=1S/C33H34N2O7/c1-33-24(30(40)35(32(33)42)19-10-4-2-5-11-19)18-23-20(28(33)21-12-7-8-13-25(21)36)15-16-22-27(23)31(41)34(29(22)39)17-9-3-6-14-26(37)38/h2,4-5,7-8,10-13,15,22-24,27-28,36H,3,6,9,14,16-18H2,1H3,(H,37,38). The van der Waals surface area contributed by atoms with Crippen LogP contribution in [0.3, 0.4) is 0 Å². The molecule has 0 bridgehead atoms. The number of carboxylic acid groups (broad SMARTS) is 1. The Kier molecular flexibility index (Phi) is 6.99. The fourth-order valence-corrected chi connectivity index (χ4v) is 7.92. The van der Waals surface area contributed by atoms with E-state index < -0.39 is 41.0 Å². The smallest absolute Gasteiger partial charge is 0.303 e. The van der Waals surface area contributed by atoms with Crippen LogP contribution in [0.2, 0.25) is 0 Å². The van der Waals surface area contributed by atoms with Crippen molar-refractivity contribution < 1.29 is 34.2 Å². The number of hydrogen-bond acceptors (Lipinski definition) is 6. The van der Waals surface area contributed by atoms with Crippen LogP contribution in [-0.4, -0.2) is 51.3 Å². The molecule has 6 atom stereocenters. The predicted molar refractivity (Wildman–Crippen MR) is 152 cm³/mol. The van der Waals surface area contributed by atoms with Crippen LogP contribution in [0.4, 0.5) is 5.69 Å². The van der Waals surface area contributed by atoms with E-state index in [0.717, 1.165) is 5.57 Å². The number of unbranched alkanes of at least 4 members (excludes halogenated alkanes) is 2. The number of carboxylic acids is 1. The third-order valence-electron chi connectivity index (χ3n) is 9.90. The molecule has 2 aromatic carbocycles. The summed E-state index contributed by atoms with van der Waals surface area (Å²) < 4.78 is 0. The number of hydrogen-bond donors (Lipinski definition) is 2. The second-order valence-corrected chi connectivity index (χ2v) is 12.1. The highest BCUT2D eigenvalue weighted by Crippen LogP contribution is 2.64. The van der Waals surface area contributed by atoms with Crippen molar-refractivity contribution in [2.75, 3.05) is 11.4 Å². The van der Waals surface area contributed by atoms with Crippen LogP contribution < -0.4 is 4.90 Å². The van der Waals surface area contributed by atoms with E-state index >= 15 is 0 Å². The molecule has 2 aromatic rings. The maximum atomic E-state index is 14.3. The molecule has 4 amide bonds. The fraction of sp³-hybridized carbons (Fsp3) is 0.424. The SMILES string of the molecule is CC12C(=O)N(c3ccccc3)C(=O)C1CC1C(=CCC3C(=O)N(CCCCCC(=O)O)C(=O)C31)C2c1ccccc1O. The Bertz CT molecular complexity index is 1500. The number of para-hydroxylation sites is 2. The van der Waals surface area contributed by atoms with Crippen molar-refractivity contribution in [1.82, 2.24) is 4.90 Å². The first-order chi connectivity index (χ1) is 20.2. The topological polar surface area (TPSA) is 132 Å². The number of carbonyl (C=O) groups excluding carboxylic acids is 4. The average Bonchev–Trinajstić information content (AvgIpc) is 3.33. The summed E-state index contributed by atoms with van der Waals surface area (Å²) in [5.41, 5.74) is 0.644. The third kappa shape index (κ3) is 4.16. The molecule has 2 aliphatic heterocycles. The van der Waals surface area contributed by atoms with E-state index in [1.807, 2.05) is 12.1 Å². The number of phenols is 1. The summed E-state index contributed by atoms with van der Waals surface area (Å²) in [6.07, 6.45) is 4.20. The highest BCUT2D eigenvalue weighted by atomic mass is 16.4. The monoisotopic (exact) mass is 570 g/mol. The van der Waals surface area contributed by atoms with Gasteiger partial charge in [-0.3, -0.25) is 28.9 Å². The summed E-state index contributed by atoms with van der Waals surface area (Å²) in [5.74, 6) is -5.06. The van der Waals surface area contributed by atoms with Gasteiger partial charge in [0.15, 0.2) is 0 Å². The number of amides is 4. The normalized spacial score (nSPS) is 30.2. The van der Waals surface area contributed by atoms with Crippen molar-refractivity contribution in [3.8, 4) is 5.75 Å². The summed E-state index contributed by atoms with van der Waals surface area (Å²) in [5, 5.41) is 19.9. The number of phenolic OH excluding ortho intramolecular Hbond substituents is 1. The Balaban J connectivity index is 1.37. The predicted octanol–water partition coefficient (Wildman–Crippen LogP) is 4.27. The minimum Gasteiger partial charge on any atom is -0.508 e. The van der Waals surface area contributed by atoms with Gasteiger partial charge in [0.25, 0.3) is 0 Å². The molecular weight excluding hydrogens is 536 g/mol.